The number of fused-ring (bicyclic) bond motifs is 4. The molecule has 2 aromatic rings. The molecule has 1 aromatic carbocycles. The van der Waals surface area contributed by atoms with Crippen molar-refractivity contribution in [1.29, 1.82) is 0 Å². The van der Waals surface area contributed by atoms with Gasteiger partial charge in [0.1, 0.15) is 0 Å². The van der Waals surface area contributed by atoms with Crippen LogP contribution in [0.25, 0.3) is 10.1 Å². The molecule has 1 atom stereocenters. The van der Waals surface area contributed by atoms with E-state index in [1.165, 1.54) is 37.5 Å². The van der Waals surface area contributed by atoms with E-state index in [9.17, 15) is 4.79 Å². The maximum absolute atomic E-state index is 12.4. The van der Waals surface area contributed by atoms with Crippen molar-refractivity contribution < 1.29 is 4.79 Å². The molecule has 22 heavy (non-hydrogen) atoms. The van der Waals surface area contributed by atoms with Crippen LogP contribution in [0.15, 0.2) is 22.7 Å². The van der Waals surface area contributed by atoms with Crippen molar-refractivity contribution in [3.05, 3.63) is 28.4 Å². The van der Waals surface area contributed by atoms with E-state index in [2.05, 4.69) is 36.6 Å². The second kappa shape index (κ2) is 5.91. The number of amides is 1. The first-order valence-electron chi connectivity index (χ1n) is 7.74. The fraction of sp³-hybridized carbons (Fsp3) is 0.500. The first-order chi connectivity index (χ1) is 10.7. The predicted octanol–water partition coefficient (Wildman–Crippen LogP) is 2.81. The molecular formula is C16H18BrN3OS. The summed E-state index contributed by atoms with van der Waals surface area (Å²) in [5.74, 6) is 0.769. The van der Waals surface area contributed by atoms with Gasteiger partial charge in [-0.15, -0.1) is 0 Å². The van der Waals surface area contributed by atoms with E-state index < -0.39 is 0 Å². The molecule has 1 unspecified atom stereocenters. The van der Waals surface area contributed by atoms with Gasteiger partial charge in [-0.05, 0) is 55.5 Å². The molecule has 3 aliphatic rings. The molecule has 5 rings (SSSR count). The van der Waals surface area contributed by atoms with Gasteiger partial charge in [-0.1, -0.05) is 22.0 Å². The van der Waals surface area contributed by atoms with E-state index in [1.807, 2.05) is 12.1 Å². The van der Waals surface area contributed by atoms with Crippen LogP contribution in [0.2, 0.25) is 0 Å². The number of nitrogens with one attached hydrogen (secondary N) is 1. The topological polar surface area (TPSA) is 45.2 Å². The molecular weight excluding hydrogens is 362 g/mol. The van der Waals surface area contributed by atoms with Crippen molar-refractivity contribution in [2.24, 2.45) is 5.92 Å². The Hall–Kier alpha value is -0.980. The minimum absolute atomic E-state index is 0.105. The van der Waals surface area contributed by atoms with Crippen LogP contribution in [0.5, 0.6) is 0 Å². The maximum atomic E-state index is 12.4. The lowest BCUT2D eigenvalue weighted by molar-refractivity contribution is -0.122. The quantitative estimate of drug-likeness (QED) is 0.891. The van der Waals surface area contributed by atoms with Gasteiger partial charge in [-0.25, -0.2) is 0 Å². The van der Waals surface area contributed by atoms with Crippen LogP contribution in [0, 0.1) is 5.92 Å². The number of piperidine rings is 3. The largest absolute Gasteiger partial charge is 0.351 e. The fourth-order valence-corrected chi connectivity index (χ4v) is 4.98. The Balaban J connectivity index is 1.45. The van der Waals surface area contributed by atoms with E-state index in [-0.39, 0.29) is 5.91 Å². The predicted molar refractivity (Wildman–Crippen MR) is 92.1 cm³/mol. The zero-order valence-corrected chi connectivity index (χ0v) is 14.6. The Morgan fingerprint density at radius 2 is 2.23 bits per heavy atom. The molecule has 3 saturated heterocycles. The van der Waals surface area contributed by atoms with Gasteiger partial charge in [-0.3, -0.25) is 4.79 Å². The SMILES string of the molecule is O=C(Cc1nsc2cc(Br)ccc12)NC1CN2CCC1CC2. The minimum Gasteiger partial charge on any atom is -0.351 e. The molecule has 0 spiro atoms. The Labute approximate surface area is 142 Å². The summed E-state index contributed by atoms with van der Waals surface area (Å²) in [5.41, 5.74) is 0.895. The van der Waals surface area contributed by atoms with Crippen molar-refractivity contribution in [2.75, 3.05) is 19.6 Å². The maximum Gasteiger partial charge on any atom is 0.226 e. The number of aromatic nitrogens is 1. The summed E-state index contributed by atoms with van der Waals surface area (Å²) in [7, 11) is 0. The van der Waals surface area contributed by atoms with E-state index in [0.29, 0.717) is 18.4 Å². The second-order valence-electron chi connectivity index (χ2n) is 6.26. The molecule has 0 aliphatic carbocycles. The summed E-state index contributed by atoms with van der Waals surface area (Å²) >= 11 is 4.93. The molecule has 4 nitrogen and oxygen atoms in total. The molecule has 3 fully saturated rings. The summed E-state index contributed by atoms with van der Waals surface area (Å²) in [6.45, 7) is 3.41. The van der Waals surface area contributed by atoms with Crippen molar-refractivity contribution in [1.82, 2.24) is 14.6 Å². The van der Waals surface area contributed by atoms with Crippen molar-refractivity contribution in [2.45, 2.75) is 25.3 Å². The molecule has 4 heterocycles. The van der Waals surface area contributed by atoms with Crippen LogP contribution in [0.4, 0.5) is 0 Å². The van der Waals surface area contributed by atoms with Crippen molar-refractivity contribution >= 4 is 43.5 Å². The Bertz CT molecular complexity index is 708. The number of carbonyl (C=O) groups is 1. The van der Waals surface area contributed by atoms with E-state index in [1.54, 1.807) is 0 Å². The Kier molecular flexibility index (Phi) is 3.92. The van der Waals surface area contributed by atoms with Gasteiger partial charge in [0, 0.05) is 22.4 Å². The number of carbonyl (C=O) groups excluding carboxylic acids is 1. The highest BCUT2D eigenvalue weighted by molar-refractivity contribution is 9.10. The van der Waals surface area contributed by atoms with Gasteiger partial charge in [0.05, 0.1) is 16.8 Å². The smallest absolute Gasteiger partial charge is 0.226 e. The summed E-state index contributed by atoms with van der Waals surface area (Å²) in [6, 6.07) is 6.43. The third kappa shape index (κ3) is 2.79. The Morgan fingerprint density at radius 1 is 1.41 bits per heavy atom. The molecule has 116 valence electrons. The van der Waals surface area contributed by atoms with Crippen LogP contribution in [0.1, 0.15) is 18.5 Å². The number of benzene rings is 1. The number of hydrogen-bond acceptors (Lipinski definition) is 4. The molecule has 3 aliphatic heterocycles. The van der Waals surface area contributed by atoms with Crippen molar-refractivity contribution in [3.8, 4) is 0 Å². The highest BCUT2D eigenvalue weighted by Gasteiger charge is 2.34. The van der Waals surface area contributed by atoms with Crippen LogP contribution in [-0.4, -0.2) is 40.9 Å². The average Bonchev–Trinajstić information content (AvgIpc) is 2.90. The second-order valence-corrected chi connectivity index (χ2v) is 7.98. The van der Waals surface area contributed by atoms with Gasteiger partial charge in [0.25, 0.3) is 0 Å². The lowest BCUT2D eigenvalue weighted by atomic mass is 9.84. The summed E-state index contributed by atoms with van der Waals surface area (Å²) in [5, 5.41) is 4.33. The first-order valence-corrected chi connectivity index (χ1v) is 9.31. The number of rotatable bonds is 3. The number of halogens is 1. The lowest BCUT2D eigenvalue weighted by Crippen LogP contribution is -2.57. The summed E-state index contributed by atoms with van der Waals surface area (Å²) < 4.78 is 6.64. The highest BCUT2D eigenvalue weighted by Crippen LogP contribution is 2.28. The first kappa shape index (κ1) is 14.6. The monoisotopic (exact) mass is 379 g/mol. The molecule has 6 heteroatoms. The molecule has 0 saturated carbocycles. The van der Waals surface area contributed by atoms with Gasteiger partial charge < -0.3 is 10.2 Å². The van der Waals surface area contributed by atoms with E-state index >= 15 is 0 Å². The zero-order chi connectivity index (χ0) is 15.1. The van der Waals surface area contributed by atoms with E-state index in [4.69, 9.17) is 0 Å². The fourth-order valence-electron chi connectivity index (χ4n) is 3.63. The molecule has 1 aromatic heterocycles. The van der Waals surface area contributed by atoms with E-state index in [0.717, 1.165) is 26.8 Å². The van der Waals surface area contributed by atoms with Crippen LogP contribution < -0.4 is 5.32 Å². The Morgan fingerprint density at radius 3 is 2.95 bits per heavy atom. The normalized spacial score (nSPS) is 27.2. The van der Waals surface area contributed by atoms with Crippen LogP contribution in [-0.2, 0) is 11.2 Å². The number of nitrogens with zero attached hydrogens (tertiary/aromatic N) is 2. The zero-order valence-electron chi connectivity index (χ0n) is 12.2. The van der Waals surface area contributed by atoms with Gasteiger partial charge in [0.15, 0.2) is 0 Å². The standard InChI is InChI=1S/C16H18BrN3OS/c17-11-1-2-12-13(19-22-15(12)7-11)8-16(21)18-14-9-20-5-3-10(14)4-6-20/h1-2,7,10,14H,3-6,8-9H2,(H,18,21). The third-order valence-electron chi connectivity index (χ3n) is 4.84. The minimum atomic E-state index is 0.105. The third-order valence-corrected chi connectivity index (χ3v) is 6.18. The van der Waals surface area contributed by atoms with Gasteiger partial charge in [-0.2, -0.15) is 4.37 Å². The highest BCUT2D eigenvalue weighted by atomic mass is 79.9. The van der Waals surface area contributed by atoms with Crippen LogP contribution >= 0.6 is 27.5 Å². The van der Waals surface area contributed by atoms with Gasteiger partial charge in [0.2, 0.25) is 5.91 Å². The van der Waals surface area contributed by atoms with Crippen LogP contribution in [0.3, 0.4) is 0 Å². The molecule has 1 amide bonds. The van der Waals surface area contributed by atoms with Gasteiger partial charge >= 0.3 is 0 Å². The van der Waals surface area contributed by atoms with Crippen molar-refractivity contribution in [3.63, 3.8) is 0 Å². The molecule has 0 radical (unpaired) electrons. The molecule has 2 bridgehead atoms. The number of hydrogen-bond donors (Lipinski definition) is 1. The average molecular weight is 380 g/mol. The lowest BCUT2D eigenvalue weighted by Gasteiger charge is -2.44. The molecule has 1 N–H and O–H groups in total. The summed E-state index contributed by atoms with van der Waals surface area (Å²) in [6.07, 6.45) is 2.82. The summed E-state index contributed by atoms with van der Waals surface area (Å²) in [4.78, 5) is 14.9.